The molecule has 9 heteroatoms. The lowest BCUT2D eigenvalue weighted by Gasteiger charge is -2.30. The molecule has 2 rings (SSSR count). The van der Waals surface area contributed by atoms with Gasteiger partial charge in [-0.25, -0.2) is 4.79 Å². The normalized spacial score (nSPS) is 10.5. The molecule has 8 nitrogen and oxygen atoms in total. The number of anilines is 3. The van der Waals surface area contributed by atoms with Crippen molar-refractivity contribution in [2.45, 2.75) is 80.6 Å². The Morgan fingerprint density at radius 2 is 1.43 bits per heavy atom. The first kappa shape index (κ1) is 37.0. The Hall–Kier alpha value is -3.07. The molecule has 2 amide bonds. The van der Waals surface area contributed by atoms with E-state index in [1.807, 2.05) is 63.2 Å². The third kappa shape index (κ3) is 15.2. The molecule has 0 bridgehead atoms. The molecule has 2 aromatic rings. The Bertz CT molecular complexity index is 1080. The summed E-state index contributed by atoms with van der Waals surface area (Å²) in [7, 11) is 0. The van der Waals surface area contributed by atoms with Gasteiger partial charge < -0.3 is 25.0 Å². The minimum atomic E-state index is -0.454. The molecule has 0 aliphatic carbocycles. The maximum atomic E-state index is 13.0. The van der Waals surface area contributed by atoms with E-state index in [0.717, 1.165) is 48.1 Å². The van der Waals surface area contributed by atoms with Gasteiger partial charge in [0.15, 0.2) is 0 Å². The molecule has 0 saturated heterocycles. The van der Waals surface area contributed by atoms with Gasteiger partial charge >= 0.3 is 18.0 Å². The summed E-state index contributed by atoms with van der Waals surface area (Å²) in [4.78, 5) is 39.2. The zero-order valence-electron chi connectivity index (χ0n) is 26.4. The highest BCUT2D eigenvalue weighted by molar-refractivity contribution is 9.09. The lowest BCUT2D eigenvalue weighted by atomic mass is 10.1. The number of alkyl halides is 1. The number of hydrogen-bond acceptors (Lipinski definition) is 6. The molecule has 0 radical (unpaired) electrons. The molecule has 0 aliphatic rings. The molecule has 0 unspecified atom stereocenters. The molecule has 2 N–H and O–H groups in total. The number of nitrogens with one attached hydrogen (secondary N) is 2. The van der Waals surface area contributed by atoms with Crippen LogP contribution in [-0.2, 0) is 25.5 Å². The number of carbonyl (C=O) groups excluding carboxylic acids is 3. The standard InChI is InChI=1S/C31H44BrN3O5.C2H6/c1-22(2)19-35(20-23(3)4)28-15-11-25(12-16-30(37)40-21-39-29(36)8-6-7-17-32)18-27(28)34-31(38)33-26-13-9-24(5)10-14-26;1-2/h9-11,13-15,18,22-23H,6-8,12,16-17,19-21H2,1-5H3,(H2,33,34,38);1-2H3. The van der Waals surface area contributed by atoms with E-state index in [2.05, 4.69) is 59.2 Å². The van der Waals surface area contributed by atoms with Crippen LogP contribution in [0.3, 0.4) is 0 Å². The highest BCUT2D eigenvalue weighted by atomic mass is 79.9. The van der Waals surface area contributed by atoms with Gasteiger partial charge in [0.25, 0.3) is 0 Å². The van der Waals surface area contributed by atoms with Crippen LogP contribution in [0, 0.1) is 18.8 Å². The fraction of sp³-hybridized carbons (Fsp3) is 0.545. The number of ether oxygens (including phenoxy) is 2. The van der Waals surface area contributed by atoms with Crippen LogP contribution >= 0.6 is 15.9 Å². The minimum Gasteiger partial charge on any atom is -0.428 e. The van der Waals surface area contributed by atoms with Crippen molar-refractivity contribution in [2.24, 2.45) is 11.8 Å². The van der Waals surface area contributed by atoms with Crippen LogP contribution in [0.1, 0.15) is 78.4 Å². The van der Waals surface area contributed by atoms with Gasteiger partial charge in [-0.1, -0.05) is 81.2 Å². The SMILES string of the molecule is CC.Cc1ccc(NC(=O)Nc2cc(CCC(=O)OCOC(=O)CCCCBr)ccc2N(CC(C)C)CC(C)C)cc1. The zero-order valence-corrected chi connectivity index (χ0v) is 28.0. The third-order valence-corrected chi connectivity index (χ3v) is 6.51. The van der Waals surface area contributed by atoms with Crippen molar-refractivity contribution in [1.29, 1.82) is 0 Å². The molecular weight excluding hydrogens is 598 g/mol. The molecule has 0 fully saturated rings. The van der Waals surface area contributed by atoms with Crippen LogP contribution in [-0.4, -0.2) is 43.2 Å². The van der Waals surface area contributed by atoms with E-state index in [0.29, 0.717) is 36.1 Å². The van der Waals surface area contributed by atoms with Crippen LogP contribution < -0.4 is 15.5 Å². The fourth-order valence-electron chi connectivity index (χ4n) is 4.10. The molecule has 234 valence electrons. The lowest BCUT2D eigenvalue weighted by molar-refractivity contribution is -0.167. The number of urea groups is 1. The lowest BCUT2D eigenvalue weighted by Crippen LogP contribution is -2.32. The number of unbranched alkanes of at least 4 members (excludes halogenated alkanes) is 1. The van der Waals surface area contributed by atoms with Crippen molar-refractivity contribution in [3.63, 3.8) is 0 Å². The van der Waals surface area contributed by atoms with Crippen molar-refractivity contribution in [1.82, 2.24) is 0 Å². The minimum absolute atomic E-state index is 0.122. The second-order valence-electron chi connectivity index (χ2n) is 10.8. The maximum absolute atomic E-state index is 13.0. The number of benzene rings is 2. The second-order valence-corrected chi connectivity index (χ2v) is 11.6. The van der Waals surface area contributed by atoms with Gasteiger partial charge in [0.2, 0.25) is 6.79 Å². The largest absolute Gasteiger partial charge is 0.428 e. The third-order valence-electron chi connectivity index (χ3n) is 5.95. The van der Waals surface area contributed by atoms with E-state index < -0.39 is 5.97 Å². The van der Waals surface area contributed by atoms with E-state index in [-0.39, 0.29) is 25.2 Å². The van der Waals surface area contributed by atoms with Crippen LogP contribution in [0.2, 0.25) is 0 Å². The summed E-state index contributed by atoms with van der Waals surface area (Å²) in [6, 6.07) is 13.2. The molecule has 0 saturated carbocycles. The number of aryl methyl sites for hydroxylation is 2. The number of esters is 2. The van der Waals surface area contributed by atoms with E-state index in [1.54, 1.807) is 0 Å². The Labute approximate surface area is 261 Å². The van der Waals surface area contributed by atoms with Crippen LogP contribution in [0.5, 0.6) is 0 Å². The highest BCUT2D eigenvalue weighted by Gasteiger charge is 2.17. The summed E-state index contributed by atoms with van der Waals surface area (Å²) in [5.74, 6) is 0.0309. The number of nitrogens with zero attached hydrogens (tertiary/aromatic N) is 1. The monoisotopic (exact) mass is 647 g/mol. The summed E-state index contributed by atoms with van der Waals surface area (Å²) >= 11 is 3.32. The van der Waals surface area contributed by atoms with Crippen molar-refractivity contribution in [3.05, 3.63) is 53.6 Å². The van der Waals surface area contributed by atoms with Crippen molar-refractivity contribution < 1.29 is 23.9 Å². The zero-order chi connectivity index (χ0) is 31.5. The van der Waals surface area contributed by atoms with Crippen molar-refractivity contribution >= 4 is 51.0 Å². The number of hydrogen-bond donors (Lipinski definition) is 2. The fourth-order valence-corrected chi connectivity index (χ4v) is 4.50. The number of amides is 2. The summed E-state index contributed by atoms with van der Waals surface area (Å²) in [5.41, 5.74) is 4.30. The molecule has 0 spiro atoms. The molecule has 0 aromatic heterocycles. The summed E-state index contributed by atoms with van der Waals surface area (Å²) in [6.07, 6.45) is 2.44. The first-order chi connectivity index (χ1) is 20.1. The van der Waals surface area contributed by atoms with E-state index in [1.165, 1.54) is 0 Å². The molecule has 0 heterocycles. The van der Waals surface area contributed by atoms with Crippen LogP contribution in [0.4, 0.5) is 21.9 Å². The molecule has 2 aromatic carbocycles. The van der Waals surface area contributed by atoms with Gasteiger partial charge in [0, 0.05) is 36.9 Å². The summed E-state index contributed by atoms with van der Waals surface area (Å²) in [6.45, 7) is 16.0. The Balaban J connectivity index is 0.00000431. The average molecular weight is 649 g/mol. The summed E-state index contributed by atoms with van der Waals surface area (Å²) < 4.78 is 10.1. The van der Waals surface area contributed by atoms with Gasteiger partial charge in [-0.15, -0.1) is 0 Å². The maximum Gasteiger partial charge on any atom is 0.323 e. The topological polar surface area (TPSA) is 97.0 Å². The predicted octanol–water partition coefficient (Wildman–Crippen LogP) is 8.33. The number of halogens is 1. The average Bonchev–Trinajstić information content (AvgIpc) is 2.93. The quantitative estimate of drug-likeness (QED) is 0.0823. The van der Waals surface area contributed by atoms with E-state index >= 15 is 0 Å². The molecule has 0 atom stereocenters. The highest BCUT2D eigenvalue weighted by Crippen LogP contribution is 2.30. The van der Waals surface area contributed by atoms with Crippen molar-refractivity contribution in [3.8, 4) is 0 Å². The molecule has 0 aliphatic heterocycles. The van der Waals surface area contributed by atoms with Crippen molar-refractivity contribution in [2.75, 3.05) is 40.7 Å². The predicted molar refractivity (Wildman–Crippen MR) is 177 cm³/mol. The van der Waals surface area contributed by atoms with E-state index in [9.17, 15) is 14.4 Å². The van der Waals surface area contributed by atoms with Gasteiger partial charge in [-0.3, -0.25) is 9.59 Å². The van der Waals surface area contributed by atoms with Gasteiger partial charge in [-0.05, 0) is 67.9 Å². The number of rotatable bonds is 16. The molecule has 42 heavy (non-hydrogen) atoms. The smallest absolute Gasteiger partial charge is 0.323 e. The van der Waals surface area contributed by atoms with Gasteiger partial charge in [-0.2, -0.15) is 0 Å². The Morgan fingerprint density at radius 1 is 0.833 bits per heavy atom. The van der Waals surface area contributed by atoms with E-state index in [4.69, 9.17) is 9.47 Å². The van der Waals surface area contributed by atoms with Crippen LogP contribution in [0.15, 0.2) is 42.5 Å². The second kappa shape index (κ2) is 20.8. The Morgan fingerprint density at radius 3 is 2.00 bits per heavy atom. The van der Waals surface area contributed by atoms with Crippen LogP contribution in [0.25, 0.3) is 0 Å². The first-order valence-corrected chi connectivity index (χ1v) is 16.1. The van der Waals surface area contributed by atoms with Gasteiger partial charge in [0.1, 0.15) is 0 Å². The number of carbonyl (C=O) groups is 3. The summed E-state index contributed by atoms with van der Waals surface area (Å²) in [5, 5.41) is 6.76. The first-order valence-electron chi connectivity index (χ1n) is 15.0. The Kier molecular flexibility index (Phi) is 18.3. The molecular formula is C33H50BrN3O5. The van der Waals surface area contributed by atoms with Gasteiger partial charge in [0.05, 0.1) is 11.4 Å².